The molecule has 2 aromatic heterocycles. The van der Waals surface area contributed by atoms with Gasteiger partial charge >= 0.3 is 0 Å². The van der Waals surface area contributed by atoms with Crippen molar-refractivity contribution in [3.63, 3.8) is 0 Å². The van der Waals surface area contributed by atoms with Crippen molar-refractivity contribution in [2.24, 2.45) is 0 Å². The van der Waals surface area contributed by atoms with Gasteiger partial charge in [-0.15, -0.1) is 0 Å². The Morgan fingerprint density at radius 1 is 1.22 bits per heavy atom. The molecule has 0 unspecified atom stereocenters. The van der Waals surface area contributed by atoms with Gasteiger partial charge in [0.1, 0.15) is 23.7 Å². The molecule has 0 amide bonds. The molecule has 0 atom stereocenters. The Morgan fingerprint density at radius 3 is 2.76 bits per heavy atom. The molecule has 0 aliphatic heterocycles. The van der Waals surface area contributed by atoms with Gasteiger partial charge in [0.05, 0.1) is 22.8 Å². The van der Waals surface area contributed by atoms with E-state index in [9.17, 15) is 17.6 Å². The molecule has 2 aromatic carbocycles. The lowest BCUT2D eigenvalue weighted by molar-refractivity contribution is -0.116. The molecule has 15 heteroatoms. The molecule has 4 rings (SSSR count). The van der Waals surface area contributed by atoms with Crippen molar-refractivity contribution in [1.29, 1.82) is 0 Å². The first-order valence-corrected chi connectivity index (χ1v) is 15.0. The molecule has 9 nitrogen and oxygen atoms in total. The molecule has 2 N–H and O–H groups in total. The van der Waals surface area contributed by atoms with E-state index in [1.807, 2.05) is 0 Å². The first kappa shape index (κ1) is 27.4. The average Bonchev–Trinajstić information content (AvgIpc) is 3.19. The summed E-state index contributed by atoms with van der Waals surface area (Å²) in [7, 11) is -3.74. The minimum Gasteiger partial charge on any atom is -0.340 e. The van der Waals surface area contributed by atoms with E-state index in [4.69, 9.17) is 23.8 Å². The summed E-state index contributed by atoms with van der Waals surface area (Å²) in [6, 6.07) is 9.05. The largest absolute Gasteiger partial charge is 0.340 e. The molecule has 0 radical (unpaired) electrons. The highest BCUT2D eigenvalue weighted by atomic mass is 35.5. The van der Waals surface area contributed by atoms with Crippen molar-refractivity contribution in [2.45, 2.75) is 24.2 Å². The quantitative estimate of drug-likeness (QED) is 0.166. The van der Waals surface area contributed by atoms with Crippen LogP contribution in [0.3, 0.4) is 0 Å². The number of aryl methyl sites for hydroxylation is 1. The Labute approximate surface area is 230 Å². The third-order valence-corrected chi connectivity index (χ3v) is 8.93. The lowest BCUT2D eigenvalue weighted by Gasteiger charge is -2.12. The van der Waals surface area contributed by atoms with E-state index >= 15 is 0 Å². The van der Waals surface area contributed by atoms with Crippen LogP contribution in [-0.2, 0) is 21.4 Å². The highest BCUT2D eigenvalue weighted by Crippen LogP contribution is 2.28. The second-order valence-corrected chi connectivity index (χ2v) is 13.0. The smallest absolute Gasteiger partial charge is 0.234 e. The van der Waals surface area contributed by atoms with E-state index in [-0.39, 0.29) is 23.1 Å². The molecule has 0 aliphatic rings. The standard InChI is InChI=1S/C22H20ClFN6O3S4/c1-13(31)6-8-35-21-28-30(22(34)36-21)7-9-37(32,33)29-15-3-5-19-16(10-15)20(26-12-25-19)27-14-2-4-18(24)17(23)11-14/h2-5,10-12,29H,6-9H2,1H3,(H,25,26,27). The van der Waals surface area contributed by atoms with Gasteiger partial charge in [0, 0.05) is 28.9 Å². The summed E-state index contributed by atoms with van der Waals surface area (Å²) < 4.78 is 44.3. The van der Waals surface area contributed by atoms with Gasteiger partial charge in [0.15, 0.2) is 8.29 Å². The van der Waals surface area contributed by atoms with E-state index < -0.39 is 15.8 Å². The number of nitrogens with one attached hydrogen (secondary N) is 2. The number of Topliss-reactive ketones (excluding diaryl/α,β-unsaturated/α-hetero) is 1. The highest BCUT2D eigenvalue weighted by Gasteiger charge is 2.15. The van der Waals surface area contributed by atoms with E-state index in [2.05, 4.69) is 25.1 Å². The zero-order valence-electron chi connectivity index (χ0n) is 19.3. The molecule has 0 aliphatic carbocycles. The minimum absolute atomic E-state index is 0.0428. The van der Waals surface area contributed by atoms with Crippen LogP contribution >= 0.6 is 46.9 Å². The van der Waals surface area contributed by atoms with Crippen LogP contribution in [0.2, 0.25) is 5.02 Å². The number of carbonyl (C=O) groups excluding carboxylic acids is 1. The number of thioether (sulfide) groups is 1. The number of benzene rings is 2. The molecule has 0 spiro atoms. The maximum Gasteiger partial charge on any atom is 0.234 e. The zero-order valence-corrected chi connectivity index (χ0v) is 23.3. The Morgan fingerprint density at radius 2 is 2.00 bits per heavy atom. The van der Waals surface area contributed by atoms with E-state index in [1.54, 1.807) is 18.2 Å². The summed E-state index contributed by atoms with van der Waals surface area (Å²) in [6.45, 7) is 1.60. The number of carbonyl (C=O) groups is 1. The Hall–Kier alpha value is -2.65. The third-order valence-electron chi connectivity index (χ3n) is 4.93. The maximum atomic E-state index is 13.5. The maximum absolute atomic E-state index is 13.5. The van der Waals surface area contributed by atoms with Crippen molar-refractivity contribution in [3.8, 4) is 0 Å². The first-order chi connectivity index (χ1) is 17.6. The molecule has 0 fully saturated rings. The second-order valence-electron chi connectivity index (χ2n) is 7.79. The molecule has 0 saturated carbocycles. The summed E-state index contributed by atoms with van der Waals surface area (Å²) in [5, 5.41) is 7.92. The van der Waals surface area contributed by atoms with Crippen LogP contribution in [0.15, 0.2) is 47.1 Å². The molecule has 0 saturated heterocycles. The number of aromatic nitrogens is 4. The second kappa shape index (κ2) is 11.8. The fourth-order valence-electron chi connectivity index (χ4n) is 3.14. The van der Waals surface area contributed by atoms with E-state index in [0.29, 0.717) is 48.6 Å². The summed E-state index contributed by atoms with van der Waals surface area (Å²) in [4.78, 5) is 19.6. The predicted molar refractivity (Wildman–Crippen MR) is 149 cm³/mol. The van der Waals surface area contributed by atoms with Gasteiger partial charge in [-0.2, -0.15) is 5.10 Å². The fourth-order valence-corrected chi connectivity index (χ4v) is 6.81. The average molecular weight is 599 g/mol. The number of rotatable bonds is 11. The molecule has 4 aromatic rings. The number of nitrogens with zero attached hydrogens (tertiary/aromatic N) is 4. The normalized spacial score (nSPS) is 11.5. The van der Waals surface area contributed by atoms with Crippen LogP contribution in [0.5, 0.6) is 0 Å². The van der Waals surface area contributed by atoms with Gasteiger partial charge in [-0.25, -0.2) is 27.5 Å². The van der Waals surface area contributed by atoms with E-state index in [1.165, 1.54) is 59.2 Å². The number of hydrogen-bond donors (Lipinski definition) is 2. The highest BCUT2D eigenvalue weighted by molar-refractivity contribution is 8.01. The zero-order chi connectivity index (χ0) is 26.6. The van der Waals surface area contributed by atoms with Gasteiger partial charge in [0.25, 0.3) is 0 Å². The van der Waals surface area contributed by atoms with Crippen LogP contribution in [0.1, 0.15) is 13.3 Å². The monoisotopic (exact) mass is 598 g/mol. The van der Waals surface area contributed by atoms with Gasteiger partial charge in [-0.3, -0.25) is 9.52 Å². The first-order valence-electron chi connectivity index (χ1n) is 10.8. The summed E-state index contributed by atoms with van der Waals surface area (Å²) >= 11 is 13.9. The SMILES string of the molecule is CC(=O)CCSc1nn(CCS(=O)(=O)Nc2ccc3ncnc(Nc4ccc(F)c(Cl)c4)c3c2)c(=S)s1. The number of anilines is 3. The Kier molecular flexibility index (Phi) is 8.75. The molecule has 37 heavy (non-hydrogen) atoms. The van der Waals surface area contributed by atoms with Crippen molar-refractivity contribution in [2.75, 3.05) is 21.5 Å². The van der Waals surface area contributed by atoms with Crippen LogP contribution in [0.4, 0.5) is 21.6 Å². The Bertz CT molecular complexity index is 1630. The predicted octanol–water partition coefficient (Wildman–Crippen LogP) is 5.67. The molecule has 194 valence electrons. The van der Waals surface area contributed by atoms with Crippen LogP contribution in [0.25, 0.3) is 10.9 Å². The summed E-state index contributed by atoms with van der Waals surface area (Å²) in [6.07, 6.45) is 1.80. The van der Waals surface area contributed by atoms with Gasteiger partial charge < -0.3 is 5.32 Å². The lowest BCUT2D eigenvalue weighted by Crippen LogP contribution is -2.21. The van der Waals surface area contributed by atoms with Crippen molar-refractivity contribution >= 4 is 90.8 Å². The van der Waals surface area contributed by atoms with Crippen LogP contribution < -0.4 is 10.0 Å². The molecule has 2 heterocycles. The summed E-state index contributed by atoms with van der Waals surface area (Å²) in [5.74, 6) is 0.297. The van der Waals surface area contributed by atoms with Crippen molar-refractivity contribution in [3.05, 3.63) is 57.5 Å². The van der Waals surface area contributed by atoms with E-state index in [0.717, 1.165) is 0 Å². The van der Waals surface area contributed by atoms with Gasteiger partial charge in [-0.1, -0.05) is 34.7 Å². The minimum atomic E-state index is -3.74. The fraction of sp³-hybridized carbons (Fsp3) is 0.227. The van der Waals surface area contributed by atoms with Crippen molar-refractivity contribution in [1.82, 2.24) is 19.7 Å². The molecular formula is C22H20ClFN6O3S4. The third kappa shape index (κ3) is 7.45. The molecule has 0 bridgehead atoms. The number of halogens is 2. The van der Waals surface area contributed by atoms with Gasteiger partial charge in [0.2, 0.25) is 10.0 Å². The lowest BCUT2D eigenvalue weighted by atomic mass is 10.2. The van der Waals surface area contributed by atoms with Crippen molar-refractivity contribution < 1.29 is 17.6 Å². The van der Waals surface area contributed by atoms with Gasteiger partial charge in [-0.05, 0) is 55.5 Å². The number of hydrogen-bond acceptors (Lipinski definition) is 10. The summed E-state index contributed by atoms with van der Waals surface area (Å²) in [5.41, 5.74) is 1.42. The van der Waals surface area contributed by atoms with Crippen LogP contribution in [0, 0.1) is 9.77 Å². The number of sulfonamides is 1. The number of fused-ring (bicyclic) bond motifs is 1. The topological polar surface area (TPSA) is 119 Å². The Balaban J connectivity index is 1.46. The number of ketones is 1. The molecular weight excluding hydrogens is 579 g/mol. The van der Waals surface area contributed by atoms with Crippen LogP contribution in [-0.4, -0.2) is 45.5 Å².